The largest absolute Gasteiger partial charge is 0.345 e. The van der Waals surface area contributed by atoms with Crippen LogP contribution >= 0.6 is 11.8 Å². The molecular formula is C19H26N2O2S. The number of hydrogen-bond donors (Lipinski definition) is 0. The average molecular weight is 346 g/mol. The van der Waals surface area contributed by atoms with Crippen molar-refractivity contribution in [2.24, 2.45) is 5.41 Å². The van der Waals surface area contributed by atoms with Crippen molar-refractivity contribution < 1.29 is 9.59 Å². The molecule has 0 radical (unpaired) electrons. The number of hydrogen-bond acceptors (Lipinski definition) is 3. The fraction of sp³-hybridized carbons (Fsp3) is 0.579. The third kappa shape index (κ3) is 3.77. The standard InChI is InChI=1S/C19H26N2O2S/c1-20-11-5-9-19(18(20)23)10-12-21(15-19)17(22)8-13-24-14-16-6-3-2-4-7-16/h2-4,6-7H,5,8-15H2,1H3/t19-/m0/s1. The summed E-state index contributed by atoms with van der Waals surface area (Å²) < 4.78 is 0. The number of likely N-dealkylation sites (tertiary alicyclic amines) is 2. The van der Waals surface area contributed by atoms with E-state index in [2.05, 4.69) is 12.1 Å². The van der Waals surface area contributed by atoms with E-state index in [-0.39, 0.29) is 17.2 Å². The van der Waals surface area contributed by atoms with Crippen molar-refractivity contribution >= 4 is 23.6 Å². The molecule has 0 aliphatic carbocycles. The first-order chi connectivity index (χ1) is 11.6. The van der Waals surface area contributed by atoms with Gasteiger partial charge in [0.15, 0.2) is 0 Å². The maximum Gasteiger partial charge on any atom is 0.230 e. The number of nitrogens with zero attached hydrogens (tertiary/aromatic N) is 2. The first-order valence-electron chi connectivity index (χ1n) is 8.76. The summed E-state index contributed by atoms with van der Waals surface area (Å²) >= 11 is 1.80. The van der Waals surface area contributed by atoms with Crippen LogP contribution < -0.4 is 0 Å². The minimum absolute atomic E-state index is 0.202. The molecule has 5 heteroatoms. The number of benzene rings is 1. The number of amides is 2. The molecular weight excluding hydrogens is 320 g/mol. The van der Waals surface area contributed by atoms with Crippen LogP contribution in [0, 0.1) is 5.41 Å². The lowest BCUT2D eigenvalue weighted by Gasteiger charge is -2.37. The lowest BCUT2D eigenvalue weighted by Crippen LogP contribution is -2.48. The van der Waals surface area contributed by atoms with Crippen molar-refractivity contribution in [3.05, 3.63) is 35.9 Å². The molecule has 0 N–H and O–H groups in total. The molecule has 1 spiro atoms. The molecule has 24 heavy (non-hydrogen) atoms. The zero-order chi connectivity index (χ0) is 17.0. The van der Waals surface area contributed by atoms with Gasteiger partial charge in [0.2, 0.25) is 11.8 Å². The van der Waals surface area contributed by atoms with E-state index in [1.807, 2.05) is 35.0 Å². The van der Waals surface area contributed by atoms with Gasteiger partial charge < -0.3 is 9.80 Å². The minimum atomic E-state index is -0.292. The molecule has 2 heterocycles. The number of piperidine rings is 1. The molecule has 4 nitrogen and oxygen atoms in total. The molecule has 3 rings (SSSR count). The Morgan fingerprint density at radius 2 is 2.00 bits per heavy atom. The van der Waals surface area contributed by atoms with Crippen LogP contribution in [0.4, 0.5) is 0 Å². The first kappa shape index (κ1) is 17.3. The van der Waals surface area contributed by atoms with Gasteiger partial charge in [-0.15, -0.1) is 0 Å². The average Bonchev–Trinajstić information content (AvgIpc) is 3.03. The van der Waals surface area contributed by atoms with E-state index >= 15 is 0 Å². The highest BCUT2D eigenvalue weighted by Crippen LogP contribution is 2.39. The smallest absolute Gasteiger partial charge is 0.230 e. The predicted molar refractivity (Wildman–Crippen MR) is 97.7 cm³/mol. The molecule has 2 aliphatic rings. The quantitative estimate of drug-likeness (QED) is 0.770. The lowest BCUT2D eigenvalue weighted by molar-refractivity contribution is -0.144. The van der Waals surface area contributed by atoms with Gasteiger partial charge in [-0.25, -0.2) is 0 Å². The Hall–Kier alpha value is -1.49. The Kier molecular flexibility index (Phi) is 5.49. The number of carbonyl (C=O) groups is 2. The molecule has 1 aromatic carbocycles. The highest BCUT2D eigenvalue weighted by atomic mass is 32.2. The first-order valence-corrected chi connectivity index (χ1v) is 9.91. The number of thioether (sulfide) groups is 1. The lowest BCUT2D eigenvalue weighted by atomic mass is 9.78. The molecule has 1 atom stereocenters. The molecule has 2 fully saturated rings. The minimum Gasteiger partial charge on any atom is -0.345 e. The van der Waals surface area contributed by atoms with Crippen LogP contribution in [0.15, 0.2) is 30.3 Å². The van der Waals surface area contributed by atoms with Crippen LogP contribution in [-0.2, 0) is 15.3 Å². The van der Waals surface area contributed by atoms with Gasteiger partial charge in [0.25, 0.3) is 0 Å². The van der Waals surface area contributed by atoms with Gasteiger partial charge in [-0.1, -0.05) is 30.3 Å². The summed E-state index contributed by atoms with van der Waals surface area (Å²) in [5.74, 6) is 2.22. The van der Waals surface area contributed by atoms with Gasteiger partial charge in [0.1, 0.15) is 0 Å². The summed E-state index contributed by atoms with van der Waals surface area (Å²) in [5.41, 5.74) is 1.01. The summed E-state index contributed by atoms with van der Waals surface area (Å²) in [4.78, 5) is 28.7. The zero-order valence-electron chi connectivity index (χ0n) is 14.4. The molecule has 0 unspecified atom stereocenters. The number of carbonyl (C=O) groups excluding carboxylic acids is 2. The van der Waals surface area contributed by atoms with E-state index in [4.69, 9.17) is 0 Å². The van der Waals surface area contributed by atoms with Gasteiger partial charge in [0, 0.05) is 44.6 Å². The fourth-order valence-electron chi connectivity index (χ4n) is 3.81. The molecule has 0 aromatic heterocycles. The second kappa shape index (κ2) is 7.60. The van der Waals surface area contributed by atoms with Crippen molar-refractivity contribution in [1.29, 1.82) is 0 Å². The van der Waals surface area contributed by atoms with Crippen molar-refractivity contribution in [2.75, 3.05) is 32.4 Å². The Labute approximate surface area is 148 Å². The summed E-state index contributed by atoms with van der Waals surface area (Å²) in [6.45, 7) is 2.21. The van der Waals surface area contributed by atoms with Crippen molar-refractivity contribution in [3.63, 3.8) is 0 Å². The maximum absolute atomic E-state index is 12.5. The van der Waals surface area contributed by atoms with E-state index in [9.17, 15) is 9.59 Å². The van der Waals surface area contributed by atoms with E-state index in [0.29, 0.717) is 13.0 Å². The number of rotatable bonds is 5. The fourth-order valence-corrected chi connectivity index (χ4v) is 4.71. The Morgan fingerprint density at radius 3 is 2.79 bits per heavy atom. The second-order valence-electron chi connectivity index (χ2n) is 6.96. The monoisotopic (exact) mass is 346 g/mol. The van der Waals surface area contributed by atoms with Crippen LogP contribution in [0.25, 0.3) is 0 Å². The Morgan fingerprint density at radius 1 is 1.21 bits per heavy atom. The van der Waals surface area contributed by atoms with Gasteiger partial charge in [-0.2, -0.15) is 11.8 Å². The summed E-state index contributed by atoms with van der Waals surface area (Å²) in [6, 6.07) is 10.3. The van der Waals surface area contributed by atoms with E-state index in [0.717, 1.165) is 43.9 Å². The van der Waals surface area contributed by atoms with Crippen molar-refractivity contribution in [1.82, 2.24) is 9.80 Å². The normalized spacial score (nSPS) is 24.0. The Bertz CT molecular complexity index is 592. The zero-order valence-corrected chi connectivity index (χ0v) is 15.2. The topological polar surface area (TPSA) is 40.6 Å². The predicted octanol–water partition coefficient (Wildman–Crippen LogP) is 2.78. The third-order valence-corrected chi connectivity index (χ3v) is 6.26. The third-order valence-electron chi connectivity index (χ3n) is 5.23. The highest BCUT2D eigenvalue weighted by molar-refractivity contribution is 7.98. The second-order valence-corrected chi connectivity index (χ2v) is 8.07. The summed E-state index contributed by atoms with van der Waals surface area (Å²) in [6.07, 6.45) is 3.39. The molecule has 1 aromatic rings. The van der Waals surface area contributed by atoms with Gasteiger partial charge in [-0.3, -0.25) is 9.59 Å². The molecule has 2 saturated heterocycles. The van der Waals surface area contributed by atoms with Gasteiger partial charge in [-0.05, 0) is 24.8 Å². The molecule has 130 valence electrons. The van der Waals surface area contributed by atoms with Crippen LogP contribution in [-0.4, -0.2) is 54.0 Å². The van der Waals surface area contributed by atoms with Crippen molar-refractivity contribution in [2.45, 2.75) is 31.4 Å². The van der Waals surface area contributed by atoms with E-state index < -0.39 is 0 Å². The SMILES string of the molecule is CN1CCC[C@@]2(CCN(C(=O)CCSCc3ccccc3)C2)C1=O. The maximum atomic E-state index is 12.5. The van der Waals surface area contributed by atoms with Crippen LogP contribution in [0.1, 0.15) is 31.2 Å². The highest BCUT2D eigenvalue weighted by Gasteiger charge is 2.48. The molecule has 2 aliphatic heterocycles. The molecule has 2 amide bonds. The summed E-state index contributed by atoms with van der Waals surface area (Å²) in [5, 5.41) is 0. The Balaban J connectivity index is 1.44. The van der Waals surface area contributed by atoms with Crippen LogP contribution in [0.5, 0.6) is 0 Å². The van der Waals surface area contributed by atoms with E-state index in [1.54, 1.807) is 11.8 Å². The van der Waals surface area contributed by atoms with Crippen molar-refractivity contribution in [3.8, 4) is 0 Å². The van der Waals surface area contributed by atoms with Gasteiger partial charge >= 0.3 is 0 Å². The van der Waals surface area contributed by atoms with Gasteiger partial charge in [0.05, 0.1) is 5.41 Å². The molecule has 0 saturated carbocycles. The summed E-state index contributed by atoms with van der Waals surface area (Å²) in [7, 11) is 1.88. The molecule has 0 bridgehead atoms. The van der Waals surface area contributed by atoms with Crippen LogP contribution in [0.3, 0.4) is 0 Å². The van der Waals surface area contributed by atoms with Crippen LogP contribution in [0.2, 0.25) is 0 Å². The van der Waals surface area contributed by atoms with E-state index in [1.165, 1.54) is 5.56 Å².